The number of nitrogens with one attached hydrogen (secondary N) is 2. The molecular weight excluding hydrogens is 520 g/mol. The van der Waals surface area contributed by atoms with E-state index in [9.17, 15) is 9.90 Å². The van der Waals surface area contributed by atoms with Gasteiger partial charge in [0.2, 0.25) is 0 Å². The summed E-state index contributed by atoms with van der Waals surface area (Å²) in [6.07, 6.45) is 1.65. The van der Waals surface area contributed by atoms with Crippen molar-refractivity contribution in [1.29, 1.82) is 0 Å². The van der Waals surface area contributed by atoms with Gasteiger partial charge in [0, 0.05) is 12.6 Å². The van der Waals surface area contributed by atoms with E-state index in [0.717, 1.165) is 28.9 Å². The lowest BCUT2D eigenvalue weighted by Crippen LogP contribution is -2.55. The molecule has 2 aromatic rings. The highest BCUT2D eigenvalue weighted by atomic mass is 28.4. The van der Waals surface area contributed by atoms with Crippen LogP contribution < -0.4 is 15.4 Å². The summed E-state index contributed by atoms with van der Waals surface area (Å²) in [5.41, 5.74) is 3.34. The topological polar surface area (TPSA) is 89.0 Å². The molecule has 7 nitrogen and oxygen atoms in total. The number of benzene rings is 2. The maximum atomic E-state index is 11.9. The van der Waals surface area contributed by atoms with E-state index in [0.29, 0.717) is 19.6 Å². The smallest absolute Gasteiger partial charge is 0.404 e. The normalized spacial score (nSPS) is 18.7. The van der Waals surface area contributed by atoms with Crippen LogP contribution in [0.3, 0.4) is 0 Å². The first-order valence-corrected chi connectivity index (χ1v) is 17.2. The van der Waals surface area contributed by atoms with E-state index in [2.05, 4.69) is 63.2 Å². The summed E-state index contributed by atoms with van der Waals surface area (Å²) >= 11 is 0. The first-order chi connectivity index (χ1) is 18.8. The lowest BCUT2D eigenvalue weighted by Gasteiger charge is -2.42. The Labute approximate surface area is 241 Å². The van der Waals surface area contributed by atoms with E-state index in [4.69, 9.17) is 13.9 Å². The fourth-order valence-corrected chi connectivity index (χ4v) is 6.24. The molecule has 1 amide bonds. The molecule has 3 N–H and O–H groups in total. The number of hydrogen-bond donors (Lipinski definition) is 3. The molecule has 220 valence electrons. The van der Waals surface area contributed by atoms with Crippen molar-refractivity contribution >= 4 is 14.4 Å². The Hall–Kier alpha value is -2.65. The predicted octanol–water partition coefficient (Wildman–Crippen LogP) is 7.02. The molecule has 0 aromatic heterocycles. The zero-order valence-electron chi connectivity index (χ0n) is 25.2. The number of rotatable bonds is 14. The molecular formula is C32H48N2O5Si. The van der Waals surface area contributed by atoms with Crippen molar-refractivity contribution in [3.63, 3.8) is 0 Å². The van der Waals surface area contributed by atoms with Crippen LogP contribution in [0.2, 0.25) is 18.1 Å². The lowest BCUT2D eigenvalue weighted by atomic mass is 10.0. The van der Waals surface area contributed by atoms with Crippen LogP contribution in [0.1, 0.15) is 69.9 Å². The van der Waals surface area contributed by atoms with Gasteiger partial charge in [-0.1, -0.05) is 63.2 Å². The number of ether oxygens (including phenoxy) is 2. The second-order valence-corrected chi connectivity index (χ2v) is 17.2. The Balaban J connectivity index is 1.91. The Bertz CT molecular complexity index is 1120. The molecule has 0 fully saturated rings. The quantitative estimate of drug-likeness (QED) is 0.168. The molecule has 4 atom stereocenters. The SMILES string of the molecule is C=CCO[C@@H]1C[C@H](NC[C@H](O[Si](C)(C)C(C)(C)C)[C@H](Cc2ccccc2)NC(=O)O)c2cc(OC(C)C)ccc21. The van der Waals surface area contributed by atoms with E-state index in [1.807, 2.05) is 50.2 Å². The number of hydrogen-bond acceptors (Lipinski definition) is 5. The molecule has 8 heteroatoms. The summed E-state index contributed by atoms with van der Waals surface area (Å²) in [5.74, 6) is 0.827. The molecule has 2 aromatic carbocycles. The van der Waals surface area contributed by atoms with Crippen LogP contribution >= 0.6 is 0 Å². The second-order valence-electron chi connectivity index (χ2n) is 12.4. The third-order valence-corrected chi connectivity index (χ3v) is 12.4. The third-order valence-electron chi connectivity index (χ3n) is 7.89. The van der Waals surface area contributed by atoms with Gasteiger partial charge in [0.1, 0.15) is 5.75 Å². The lowest BCUT2D eigenvalue weighted by molar-refractivity contribution is 0.0677. The maximum Gasteiger partial charge on any atom is 0.404 e. The highest BCUT2D eigenvalue weighted by Crippen LogP contribution is 2.43. The van der Waals surface area contributed by atoms with E-state index in [1.165, 1.54) is 0 Å². The van der Waals surface area contributed by atoms with E-state index < -0.39 is 20.5 Å². The highest BCUT2D eigenvalue weighted by molar-refractivity contribution is 6.74. The van der Waals surface area contributed by atoms with E-state index in [-0.39, 0.29) is 29.4 Å². The molecule has 0 aliphatic heterocycles. The van der Waals surface area contributed by atoms with Gasteiger partial charge in [-0.05, 0) is 73.6 Å². The first kappa shape index (κ1) is 31.9. The average molecular weight is 569 g/mol. The van der Waals surface area contributed by atoms with Crippen molar-refractivity contribution in [2.45, 2.75) is 96.0 Å². The van der Waals surface area contributed by atoms with Gasteiger partial charge in [-0.25, -0.2) is 4.79 Å². The van der Waals surface area contributed by atoms with Gasteiger partial charge in [0.05, 0.1) is 31.0 Å². The Morgan fingerprint density at radius 1 is 1.15 bits per heavy atom. The highest BCUT2D eigenvalue weighted by Gasteiger charge is 2.42. The molecule has 3 rings (SSSR count). The first-order valence-electron chi connectivity index (χ1n) is 14.3. The van der Waals surface area contributed by atoms with Crippen molar-refractivity contribution in [3.8, 4) is 5.75 Å². The van der Waals surface area contributed by atoms with Crippen molar-refractivity contribution in [2.75, 3.05) is 13.2 Å². The van der Waals surface area contributed by atoms with Gasteiger partial charge in [0.25, 0.3) is 0 Å². The van der Waals surface area contributed by atoms with Gasteiger partial charge in [-0.2, -0.15) is 0 Å². The van der Waals surface area contributed by atoms with E-state index >= 15 is 0 Å². The minimum Gasteiger partial charge on any atom is -0.491 e. The summed E-state index contributed by atoms with van der Waals surface area (Å²) in [7, 11) is -2.23. The molecule has 0 bridgehead atoms. The maximum absolute atomic E-state index is 11.9. The van der Waals surface area contributed by atoms with Gasteiger partial charge in [0.15, 0.2) is 8.32 Å². The number of amides is 1. The van der Waals surface area contributed by atoms with Crippen molar-refractivity contribution in [1.82, 2.24) is 10.6 Å². The van der Waals surface area contributed by atoms with Crippen molar-refractivity contribution in [2.24, 2.45) is 0 Å². The fourth-order valence-electron chi connectivity index (χ4n) is 4.88. The molecule has 0 heterocycles. The van der Waals surface area contributed by atoms with Crippen molar-refractivity contribution in [3.05, 3.63) is 77.9 Å². The summed E-state index contributed by atoms with van der Waals surface area (Å²) < 4.78 is 19.1. The van der Waals surface area contributed by atoms with Crippen LogP contribution in [0.4, 0.5) is 4.79 Å². The molecule has 0 spiro atoms. The Morgan fingerprint density at radius 3 is 2.45 bits per heavy atom. The van der Waals surface area contributed by atoms with Crippen LogP contribution in [-0.2, 0) is 15.6 Å². The second kappa shape index (κ2) is 13.8. The van der Waals surface area contributed by atoms with Crippen LogP contribution in [0.25, 0.3) is 0 Å². The van der Waals surface area contributed by atoms with Crippen LogP contribution in [0.5, 0.6) is 5.75 Å². The van der Waals surface area contributed by atoms with Crippen LogP contribution in [0, 0.1) is 0 Å². The Morgan fingerprint density at radius 2 is 1.85 bits per heavy atom. The summed E-state index contributed by atoms with van der Waals surface area (Å²) in [6, 6.07) is 15.8. The van der Waals surface area contributed by atoms with Gasteiger partial charge >= 0.3 is 6.09 Å². The molecule has 1 aliphatic carbocycles. The molecule has 1 aliphatic rings. The number of carboxylic acid groups (broad SMARTS) is 1. The molecule has 0 saturated heterocycles. The zero-order chi connectivity index (χ0) is 29.5. The minimum absolute atomic E-state index is 0.00764. The molecule has 0 radical (unpaired) electrons. The predicted molar refractivity (Wildman–Crippen MR) is 164 cm³/mol. The molecule has 0 saturated carbocycles. The number of carbonyl (C=O) groups is 1. The molecule has 0 unspecified atom stereocenters. The van der Waals surface area contributed by atoms with Crippen LogP contribution in [-0.4, -0.2) is 50.9 Å². The minimum atomic E-state index is -2.23. The van der Waals surface area contributed by atoms with Gasteiger partial charge in [-0.3, -0.25) is 0 Å². The third kappa shape index (κ3) is 8.67. The summed E-state index contributed by atoms with van der Waals surface area (Å²) in [4.78, 5) is 11.9. The average Bonchev–Trinajstić information content (AvgIpc) is 3.20. The summed E-state index contributed by atoms with van der Waals surface area (Å²) in [6.45, 7) is 19.8. The fraction of sp³-hybridized carbons (Fsp3) is 0.531. The van der Waals surface area contributed by atoms with Gasteiger partial charge in [-0.15, -0.1) is 6.58 Å². The van der Waals surface area contributed by atoms with Gasteiger partial charge < -0.3 is 29.6 Å². The van der Waals surface area contributed by atoms with E-state index in [1.54, 1.807) is 6.08 Å². The molecule has 40 heavy (non-hydrogen) atoms. The van der Waals surface area contributed by atoms with Crippen molar-refractivity contribution < 1.29 is 23.8 Å². The number of fused-ring (bicyclic) bond motifs is 1. The monoisotopic (exact) mass is 568 g/mol. The zero-order valence-corrected chi connectivity index (χ0v) is 26.2. The van der Waals surface area contributed by atoms with Crippen LogP contribution in [0.15, 0.2) is 61.2 Å². The standard InChI is InChI=1S/C32H48N2O5Si/c1-9-17-37-29-20-27(26-19-24(38-22(2)3)15-16-25(26)29)33-21-30(39-40(7,8)32(4,5)6)28(34-31(35)36)18-23-13-11-10-12-14-23/h9-16,19,22,27-30,33-34H,1,17-18,20-21H2,2-8H3,(H,35,36)/t27-,28-,29+,30-/m0/s1. The summed E-state index contributed by atoms with van der Waals surface area (Å²) in [5, 5.41) is 16.3. The Kier molecular flexibility index (Phi) is 11.0. The largest absolute Gasteiger partial charge is 0.491 e.